The zero-order valence-electron chi connectivity index (χ0n) is 114. The molecule has 2 fully saturated rings. The lowest BCUT2D eigenvalue weighted by Gasteiger charge is -2.32. The van der Waals surface area contributed by atoms with Gasteiger partial charge in [-0.2, -0.15) is 0 Å². The standard InChI is InChI=1S/C11H24O2.C10H18F2.C10H19N.C10H22O.C10H20.2C9H21N.2C9H20O.C9H20.C8H16F2.C8H19N.C8H18O.C8H18.C7H16/c1-9(2)5-6-11(13,8-12)7-10(3)4;1-7(2)5-9(8(3)4)6-10(9,11)12;1-8(2)7-10(5,11-6)9(3)4;1-6-10(11,9(4)5)7-8(2)3;1-8(2)7-10(5-6-10)9(3)4;1-7(2)6-9(10-5)8(3)4;2*1-7(2)6-9(5,10)8(3)4;1-7(2)5-9(6-10)8(3)4;1-8(2)6-5-7-9(3)4;1-6(2)5-8(9,10)7(3)4;2*1-6(2)5-8(9)7(3)4;1-7(2)5-6-8(3)4;1-6(2)5-7(3)4/h9-10,12-13H,5-8H2,1-4H3;7-8H,5-6H2,1-4H3;8-9H,7H2,1-5H3;8-9,11H,6-7H2,1-5H3;8-9H,5-7H2,1-4H3;7-10H,6H2,1-5H3;7-8H,6,10H2,1-5H3;7-8,10H,6H2,1-5H3;7-10H,5-6H2,1-4H3;8-9H,5-7H2,1-4H3;6-7H,5H2,1-4H3;6-8H,5,9H2,1-4H3;6-9H,5H2,1-4H3;7-8H,5-6H2,1-4H3;6-7H,5H2,1-4H3. The van der Waals surface area contributed by atoms with Crippen molar-refractivity contribution in [3.05, 3.63) is 11.4 Å². The molecule has 0 aromatic heterocycles. The number of hydrogen-bond donors (Lipinski definition) is 9. The van der Waals surface area contributed by atoms with Gasteiger partial charge in [-0.15, -0.1) is 0 Å². The second-order valence-electron chi connectivity index (χ2n) is 59.3. The number of hydrogen-bond acceptors (Lipinski definition) is 9. The largest absolute Gasteiger partial charge is 0.396 e. The van der Waals surface area contributed by atoms with Gasteiger partial charge in [0, 0.05) is 67.7 Å². The molecule has 0 radical (unpaired) electrons. The highest BCUT2D eigenvalue weighted by Gasteiger charge is 2.71. The van der Waals surface area contributed by atoms with E-state index < -0.39 is 40.0 Å². The Morgan fingerprint density at radius 3 is 0.832 bits per heavy atom. The molecule has 0 aromatic carbocycles. The third-order valence-electron chi connectivity index (χ3n) is 29.5. The molecule has 0 heterocycles. The summed E-state index contributed by atoms with van der Waals surface area (Å²) in [6, 6.07) is 1.09. The van der Waals surface area contributed by atoms with Gasteiger partial charge in [-0.05, 0) is 301 Å². The van der Waals surface area contributed by atoms with Crippen LogP contribution < -0.4 is 16.8 Å². The molecule has 0 saturated heterocycles. The van der Waals surface area contributed by atoms with E-state index in [1.165, 1.54) is 64.2 Å². The molecule has 10 nitrogen and oxygen atoms in total. The summed E-state index contributed by atoms with van der Waals surface area (Å²) >= 11 is 0. The van der Waals surface area contributed by atoms with Gasteiger partial charge in [0.15, 0.2) is 0 Å². The van der Waals surface area contributed by atoms with E-state index in [1.807, 2.05) is 69.4 Å². The minimum Gasteiger partial charge on any atom is -0.396 e. The summed E-state index contributed by atoms with van der Waals surface area (Å²) in [6.45, 7) is 144. The second kappa shape index (κ2) is 93.4. The smallest absolute Gasteiger partial charge is 0.254 e. The Hall–Kier alpha value is -1.15. The van der Waals surface area contributed by atoms with Gasteiger partial charge in [0.25, 0.3) is 11.8 Å². The average molecular weight is 2140 g/mol. The van der Waals surface area contributed by atoms with Gasteiger partial charge >= 0.3 is 0 Å². The predicted molar refractivity (Wildman–Crippen MR) is 669 cm³/mol. The minimum absolute atomic E-state index is 0.00463. The van der Waals surface area contributed by atoms with Crippen molar-refractivity contribution in [2.45, 2.75) is 655 Å². The summed E-state index contributed by atoms with van der Waals surface area (Å²) in [5.41, 5.74) is 10.1. The highest BCUT2D eigenvalue weighted by molar-refractivity contribution is 5.11. The van der Waals surface area contributed by atoms with E-state index in [2.05, 4.69) is 377 Å². The molecular weight excluding hydrogens is 1850 g/mol. The average Bonchev–Trinajstić information content (AvgIpc) is 1.55. The van der Waals surface area contributed by atoms with E-state index >= 15 is 0 Å². The molecule has 11 N–H and O–H groups in total. The van der Waals surface area contributed by atoms with Crippen LogP contribution in [0.4, 0.5) is 17.6 Å². The lowest BCUT2D eigenvalue weighted by atomic mass is 9.81. The molecule has 0 spiro atoms. The van der Waals surface area contributed by atoms with E-state index in [4.69, 9.17) is 28.3 Å². The van der Waals surface area contributed by atoms with Crippen LogP contribution in [-0.2, 0) is 0 Å². The van der Waals surface area contributed by atoms with Crippen LogP contribution in [0.5, 0.6) is 0 Å². The van der Waals surface area contributed by atoms with Crippen LogP contribution in [0.1, 0.15) is 597 Å². The molecule has 0 amide bonds. The maximum absolute atomic E-state index is 13.1. The first-order chi connectivity index (χ1) is 66.8. The molecule has 2 aliphatic rings. The predicted octanol–water partition coefficient (Wildman–Crippen LogP) is 41.6. The van der Waals surface area contributed by atoms with Crippen molar-refractivity contribution in [1.82, 2.24) is 5.32 Å². The summed E-state index contributed by atoms with van der Waals surface area (Å²) < 4.78 is 51.7. The minimum atomic E-state index is -2.48. The highest BCUT2D eigenvalue weighted by Crippen LogP contribution is 2.67. The Bertz CT molecular complexity index is 2700. The van der Waals surface area contributed by atoms with Crippen molar-refractivity contribution in [3.8, 4) is 0 Å². The first-order valence-corrected chi connectivity index (χ1v) is 62.2. The Balaban J connectivity index is -0.000000121. The van der Waals surface area contributed by atoms with Gasteiger partial charge in [-0.1, -0.05) is 454 Å². The lowest BCUT2D eigenvalue weighted by Crippen LogP contribution is -2.42. The fourth-order valence-electron chi connectivity index (χ4n) is 17.9. The van der Waals surface area contributed by atoms with E-state index in [-0.39, 0.29) is 48.5 Å². The van der Waals surface area contributed by atoms with Gasteiger partial charge in [0.1, 0.15) is 0 Å². The van der Waals surface area contributed by atoms with Crippen LogP contribution in [0.25, 0.3) is 4.85 Å². The summed E-state index contributed by atoms with van der Waals surface area (Å²) in [5, 5.41) is 60.5. The van der Waals surface area contributed by atoms with Gasteiger partial charge in [0.2, 0.25) is 5.54 Å². The van der Waals surface area contributed by atoms with Crippen LogP contribution in [0, 0.1) is 201 Å². The van der Waals surface area contributed by atoms with Crippen LogP contribution in [0.2, 0.25) is 0 Å². The molecule has 10 atom stereocenters. The summed E-state index contributed by atoms with van der Waals surface area (Å²) in [7, 11) is 2.05. The third kappa shape index (κ3) is 113. The molecule has 10 unspecified atom stereocenters. The van der Waals surface area contributed by atoms with Crippen molar-refractivity contribution in [2.75, 3.05) is 20.3 Å². The molecule has 2 aliphatic carbocycles. The van der Waals surface area contributed by atoms with Gasteiger partial charge < -0.3 is 52.3 Å². The van der Waals surface area contributed by atoms with Crippen LogP contribution in [0.3, 0.4) is 0 Å². The van der Waals surface area contributed by atoms with E-state index in [0.29, 0.717) is 139 Å². The zero-order valence-corrected chi connectivity index (χ0v) is 114. The molecule has 0 aromatic rings. The third-order valence-corrected chi connectivity index (χ3v) is 29.5. The van der Waals surface area contributed by atoms with E-state index in [1.54, 1.807) is 13.8 Å². The molecule has 0 aliphatic heterocycles. The van der Waals surface area contributed by atoms with Crippen LogP contribution in [0.15, 0.2) is 0 Å². The molecular formula is C135H292F4N4O6. The topological polar surface area (TPSA) is 190 Å². The fraction of sp³-hybridized carbons (Fsp3) is 0.993. The maximum atomic E-state index is 13.1. The normalized spacial score (nSPS) is 17.0. The van der Waals surface area contributed by atoms with Gasteiger partial charge in [0.05, 0.1) is 29.5 Å². The Labute approximate surface area is 940 Å². The van der Waals surface area contributed by atoms with E-state index in [0.717, 1.165) is 128 Å². The highest BCUT2D eigenvalue weighted by atomic mass is 19.3. The van der Waals surface area contributed by atoms with Gasteiger partial charge in [-0.3, -0.25) is 0 Å². The summed E-state index contributed by atoms with van der Waals surface area (Å²) in [5.74, 6) is 13.3. The number of aliphatic hydroxyl groups excluding tert-OH is 3. The summed E-state index contributed by atoms with van der Waals surface area (Å²) in [6.07, 6.45) is 25.1. The monoisotopic (exact) mass is 2140 g/mol. The number of alkyl halides is 4. The summed E-state index contributed by atoms with van der Waals surface area (Å²) in [4.78, 5) is 3.71. The molecule has 2 rings (SSSR count). The van der Waals surface area contributed by atoms with Crippen molar-refractivity contribution in [1.29, 1.82) is 0 Å². The Kier molecular flexibility index (Phi) is 110. The lowest BCUT2D eigenvalue weighted by molar-refractivity contribution is -0.0617. The molecule has 916 valence electrons. The fourth-order valence-corrected chi connectivity index (χ4v) is 17.9. The maximum Gasteiger partial charge on any atom is 0.254 e. The molecule has 149 heavy (non-hydrogen) atoms. The number of aliphatic hydroxyl groups is 6. The van der Waals surface area contributed by atoms with Crippen molar-refractivity contribution >= 4 is 0 Å². The Morgan fingerprint density at radius 2 is 0.711 bits per heavy atom. The first-order valence-electron chi connectivity index (χ1n) is 62.2. The quantitative estimate of drug-likeness (QED) is 0.0211. The molecule has 14 heteroatoms. The van der Waals surface area contributed by atoms with Crippen LogP contribution >= 0.6 is 0 Å². The molecule has 0 bridgehead atoms. The first kappa shape index (κ1) is 175. The second-order valence-corrected chi connectivity index (χ2v) is 59.3. The number of rotatable bonds is 51. The van der Waals surface area contributed by atoms with Crippen LogP contribution in [-0.4, -0.2) is 109 Å². The SMILES string of the molecule is CC(C)CC(C)(N)C(C)C.CC(C)CC(C)(O)C(C)C.CC(C)CC(C)C.CC(C)CC(CO)C(C)C.CC(C)CC(F)(F)C(C)C.CC(C)CC(N)C(C)C.CC(C)CC(O)C(C)C.CC(C)CC1(C(C)C)CC1.CC(C)CC1(C(C)C)CC1(F)F.CC(C)CCC(C)C.CC(C)CCC(O)(CO)CC(C)C.CC(C)CCCC(C)C.CCC(O)(CC(C)C)C(C)C.CNC(CC(C)C)C(C)C.[C-]#[N+]C(C)(CC(C)C)C(C)C. The van der Waals surface area contributed by atoms with Crippen molar-refractivity contribution in [3.63, 3.8) is 0 Å². The van der Waals surface area contributed by atoms with Crippen molar-refractivity contribution < 1.29 is 48.2 Å². The van der Waals surface area contributed by atoms with Gasteiger partial charge in [-0.25, -0.2) is 24.1 Å². The number of nitrogens with zero attached hydrogens (tertiary/aromatic N) is 1. The molecule has 2 saturated carbocycles. The van der Waals surface area contributed by atoms with Crippen molar-refractivity contribution in [2.24, 2.45) is 206 Å². The zero-order chi connectivity index (χ0) is 122. The Morgan fingerprint density at radius 1 is 0.362 bits per heavy atom. The number of nitrogens with one attached hydrogen (secondary N) is 1. The number of halogens is 4. The van der Waals surface area contributed by atoms with E-state index in [9.17, 15) is 38.0 Å². The number of nitrogens with two attached hydrogens (primary N) is 2.